The third kappa shape index (κ3) is 4.00. The van der Waals surface area contributed by atoms with Gasteiger partial charge in [-0.3, -0.25) is 4.98 Å². The predicted octanol–water partition coefficient (Wildman–Crippen LogP) is 6.42. The molecule has 29 heavy (non-hydrogen) atoms. The molecule has 1 aliphatic heterocycles. The van der Waals surface area contributed by atoms with Gasteiger partial charge in [0.1, 0.15) is 17.6 Å². The van der Waals surface area contributed by atoms with Gasteiger partial charge in [0.25, 0.3) is 0 Å². The molecule has 1 saturated heterocycles. The molecule has 3 heterocycles. The smallest absolute Gasteiger partial charge is 0.170 e. The average Bonchev–Trinajstić information content (AvgIpc) is 3.33. The first-order valence-corrected chi connectivity index (χ1v) is 10.8. The Morgan fingerprint density at radius 3 is 2.76 bits per heavy atom. The van der Waals surface area contributed by atoms with Crippen molar-refractivity contribution in [2.45, 2.75) is 31.8 Å². The Morgan fingerprint density at radius 1 is 1.14 bits per heavy atom. The number of aromatic nitrogens is 1. The maximum absolute atomic E-state index is 6.40. The fraction of sp³-hybridized carbons (Fsp3) is 0.273. The van der Waals surface area contributed by atoms with Crippen LogP contribution in [-0.4, -0.2) is 21.5 Å². The van der Waals surface area contributed by atoms with Gasteiger partial charge in [0.2, 0.25) is 0 Å². The van der Waals surface area contributed by atoms with Crippen LogP contribution < -0.4 is 5.32 Å². The van der Waals surface area contributed by atoms with E-state index in [1.54, 1.807) is 12.3 Å². The lowest BCUT2D eigenvalue weighted by Crippen LogP contribution is -2.30. The van der Waals surface area contributed by atoms with Crippen LogP contribution >= 0.6 is 35.4 Å². The van der Waals surface area contributed by atoms with E-state index in [1.807, 2.05) is 42.5 Å². The van der Waals surface area contributed by atoms with E-state index in [4.69, 9.17) is 39.8 Å². The van der Waals surface area contributed by atoms with Crippen molar-refractivity contribution in [2.75, 3.05) is 6.54 Å². The Labute approximate surface area is 185 Å². The van der Waals surface area contributed by atoms with Crippen molar-refractivity contribution >= 4 is 40.5 Å². The summed E-state index contributed by atoms with van der Waals surface area (Å²) in [6.45, 7) is 3.02. The van der Waals surface area contributed by atoms with E-state index < -0.39 is 0 Å². The van der Waals surface area contributed by atoms with E-state index in [-0.39, 0.29) is 12.1 Å². The van der Waals surface area contributed by atoms with Gasteiger partial charge in [-0.05, 0) is 55.0 Å². The summed E-state index contributed by atoms with van der Waals surface area (Å²) in [4.78, 5) is 6.74. The Hall–Kier alpha value is -2.08. The van der Waals surface area contributed by atoms with Crippen molar-refractivity contribution in [1.29, 1.82) is 0 Å². The summed E-state index contributed by atoms with van der Waals surface area (Å²) >= 11 is 18.2. The first kappa shape index (κ1) is 20.2. The Morgan fingerprint density at radius 2 is 2.00 bits per heavy atom. The number of thiocarbonyl (C=S) groups is 1. The fourth-order valence-corrected chi connectivity index (χ4v) is 4.36. The van der Waals surface area contributed by atoms with Crippen LogP contribution in [0.15, 0.2) is 59.1 Å². The number of nitrogens with one attached hydrogen (secondary N) is 1. The van der Waals surface area contributed by atoms with Crippen molar-refractivity contribution in [3.8, 4) is 11.3 Å². The first-order valence-electron chi connectivity index (χ1n) is 9.62. The van der Waals surface area contributed by atoms with Crippen LogP contribution in [0.2, 0.25) is 10.0 Å². The zero-order valence-corrected chi connectivity index (χ0v) is 18.3. The maximum atomic E-state index is 6.40. The highest BCUT2D eigenvalue weighted by atomic mass is 35.5. The number of pyridine rings is 1. The van der Waals surface area contributed by atoms with E-state index in [0.29, 0.717) is 15.8 Å². The molecule has 4 nitrogen and oxygen atoms in total. The van der Waals surface area contributed by atoms with Gasteiger partial charge in [-0.15, -0.1) is 0 Å². The highest BCUT2D eigenvalue weighted by Gasteiger charge is 2.41. The molecule has 0 radical (unpaired) electrons. The molecule has 2 atom stereocenters. The molecule has 0 aliphatic carbocycles. The topological polar surface area (TPSA) is 41.3 Å². The van der Waals surface area contributed by atoms with Crippen molar-refractivity contribution in [2.24, 2.45) is 0 Å². The summed E-state index contributed by atoms with van der Waals surface area (Å²) in [5.41, 5.74) is 1.70. The summed E-state index contributed by atoms with van der Waals surface area (Å²) in [6.07, 6.45) is 3.92. The van der Waals surface area contributed by atoms with E-state index in [9.17, 15) is 0 Å². The predicted molar refractivity (Wildman–Crippen MR) is 121 cm³/mol. The third-order valence-electron chi connectivity index (χ3n) is 5.09. The van der Waals surface area contributed by atoms with Crippen LogP contribution in [0.1, 0.15) is 43.3 Å². The number of nitrogens with zero attached hydrogens (tertiary/aromatic N) is 2. The summed E-state index contributed by atoms with van der Waals surface area (Å²) in [6, 6.07) is 15.2. The summed E-state index contributed by atoms with van der Waals surface area (Å²) in [5, 5.41) is 5.14. The number of hydrogen-bond donors (Lipinski definition) is 1. The molecule has 1 fully saturated rings. The third-order valence-corrected chi connectivity index (χ3v) is 6.26. The summed E-state index contributed by atoms with van der Waals surface area (Å²) in [5.74, 6) is 1.50. The van der Waals surface area contributed by atoms with Crippen LogP contribution in [0, 0.1) is 0 Å². The van der Waals surface area contributed by atoms with Crippen LogP contribution in [0.5, 0.6) is 0 Å². The number of benzene rings is 1. The average molecular weight is 446 g/mol. The second-order valence-electron chi connectivity index (χ2n) is 6.98. The van der Waals surface area contributed by atoms with Crippen molar-refractivity contribution in [3.05, 3.63) is 76.2 Å². The fourth-order valence-electron chi connectivity index (χ4n) is 3.63. The lowest BCUT2D eigenvalue weighted by molar-refractivity contribution is 0.271. The molecule has 1 aromatic carbocycles. The lowest BCUT2D eigenvalue weighted by atomic mass is 10.0. The molecule has 0 spiro atoms. The normalized spacial score (nSPS) is 18.9. The van der Waals surface area contributed by atoms with E-state index >= 15 is 0 Å². The van der Waals surface area contributed by atoms with Crippen LogP contribution in [0.25, 0.3) is 11.3 Å². The van der Waals surface area contributed by atoms with Gasteiger partial charge >= 0.3 is 0 Å². The van der Waals surface area contributed by atoms with Gasteiger partial charge in [0.15, 0.2) is 5.11 Å². The Bertz CT molecular complexity index is 1010. The van der Waals surface area contributed by atoms with Crippen LogP contribution in [0.3, 0.4) is 0 Å². The van der Waals surface area contributed by atoms with Crippen molar-refractivity contribution < 1.29 is 4.42 Å². The number of furan rings is 1. The zero-order valence-electron chi connectivity index (χ0n) is 15.9. The van der Waals surface area contributed by atoms with E-state index in [1.165, 1.54) is 0 Å². The number of halogens is 2. The van der Waals surface area contributed by atoms with Gasteiger partial charge in [-0.1, -0.05) is 48.7 Å². The molecule has 0 saturated carbocycles. The minimum Gasteiger partial charge on any atom is -0.459 e. The number of rotatable bonds is 6. The molecule has 0 bridgehead atoms. The highest BCUT2D eigenvalue weighted by molar-refractivity contribution is 7.80. The van der Waals surface area contributed by atoms with Gasteiger partial charge in [-0.25, -0.2) is 0 Å². The van der Waals surface area contributed by atoms with Crippen molar-refractivity contribution in [1.82, 2.24) is 15.2 Å². The SMILES string of the molecule is CCCCN1C(=S)N[C@H](c2ccccn2)[C@H]1c1ccc(-c2cccc(Cl)c2Cl)o1. The quantitative estimate of drug-likeness (QED) is 0.443. The molecule has 1 aliphatic rings. The molecule has 2 aromatic heterocycles. The first-order chi connectivity index (χ1) is 14.1. The summed E-state index contributed by atoms with van der Waals surface area (Å²) in [7, 11) is 0. The molecule has 0 amide bonds. The Kier molecular flexibility index (Phi) is 6.09. The molecule has 3 aromatic rings. The molecule has 150 valence electrons. The maximum Gasteiger partial charge on any atom is 0.170 e. The minimum absolute atomic E-state index is 0.0874. The van der Waals surface area contributed by atoms with Gasteiger partial charge < -0.3 is 14.6 Å². The van der Waals surface area contributed by atoms with E-state index in [0.717, 1.165) is 41.5 Å². The largest absolute Gasteiger partial charge is 0.459 e. The number of unbranched alkanes of at least 4 members (excludes halogenated alkanes) is 1. The van der Waals surface area contributed by atoms with Gasteiger partial charge in [0, 0.05) is 18.3 Å². The molecule has 7 heteroatoms. The Balaban J connectivity index is 1.73. The standard InChI is InChI=1S/C22H21Cl2N3OS/c1-2-3-13-27-21(20(26-22(27)29)16-9-4-5-12-25-16)18-11-10-17(28-18)14-7-6-8-15(23)19(14)24/h4-12,20-21H,2-3,13H2,1H3,(H,26,29)/t20-,21-/m1/s1. The van der Waals surface area contributed by atoms with Crippen LogP contribution in [0.4, 0.5) is 0 Å². The molecular formula is C22H21Cl2N3OS. The molecule has 4 rings (SSSR count). The van der Waals surface area contributed by atoms with Gasteiger partial charge in [0.05, 0.1) is 21.8 Å². The van der Waals surface area contributed by atoms with Gasteiger partial charge in [-0.2, -0.15) is 0 Å². The zero-order chi connectivity index (χ0) is 20.4. The monoisotopic (exact) mass is 445 g/mol. The van der Waals surface area contributed by atoms with Crippen molar-refractivity contribution in [3.63, 3.8) is 0 Å². The van der Waals surface area contributed by atoms with E-state index in [2.05, 4.69) is 22.1 Å². The highest BCUT2D eigenvalue weighted by Crippen LogP contribution is 2.42. The second kappa shape index (κ2) is 8.74. The van der Waals surface area contributed by atoms with Crippen LogP contribution in [-0.2, 0) is 0 Å². The summed E-state index contributed by atoms with van der Waals surface area (Å²) < 4.78 is 6.29. The lowest BCUT2D eigenvalue weighted by Gasteiger charge is -2.25. The molecule has 1 N–H and O–H groups in total. The minimum atomic E-state index is -0.0885. The number of hydrogen-bond acceptors (Lipinski definition) is 3. The second-order valence-corrected chi connectivity index (χ2v) is 8.15. The molecular weight excluding hydrogens is 425 g/mol. The molecule has 0 unspecified atom stereocenters.